The summed E-state index contributed by atoms with van der Waals surface area (Å²) in [6.07, 6.45) is 3.77. The Morgan fingerprint density at radius 2 is 2.00 bits per heavy atom. The first-order valence-electron chi connectivity index (χ1n) is 6.20. The average molecular weight is 294 g/mol. The molecule has 0 saturated carbocycles. The van der Waals surface area contributed by atoms with Crippen molar-refractivity contribution in [1.29, 1.82) is 5.26 Å². The Balaban J connectivity index is 2.15. The fourth-order valence-corrected chi connectivity index (χ4v) is 3.01. The van der Waals surface area contributed by atoms with Crippen molar-refractivity contribution in [3.05, 3.63) is 62.8 Å². The Bertz CT molecular complexity index is 931. The highest BCUT2D eigenvalue weighted by molar-refractivity contribution is 7.17. The van der Waals surface area contributed by atoms with E-state index in [1.807, 2.05) is 47.9 Å². The number of rotatable bonds is 2. The second-order valence-electron chi connectivity index (χ2n) is 4.43. The maximum atomic E-state index is 11.6. The molecule has 0 aliphatic rings. The third-order valence-corrected chi connectivity index (χ3v) is 4.03. The van der Waals surface area contributed by atoms with Crippen molar-refractivity contribution in [3.63, 3.8) is 0 Å². The summed E-state index contributed by atoms with van der Waals surface area (Å²) < 4.78 is 0. The number of aromatic nitrogens is 1. The molecule has 0 bridgehead atoms. The lowest BCUT2D eigenvalue weighted by molar-refractivity contribution is 0.479. The van der Waals surface area contributed by atoms with Gasteiger partial charge in [-0.2, -0.15) is 5.26 Å². The van der Waals surface area contributed by atoms with Crippen LogP contribution in [0.3, 0.4) is 0 Å². The number of nitriles is 1. The van der Waals surface area contributed by atoms with Gasteiger partial charge in [-0.1, -0.05) is 42.5 Å². The van der Waals surface area contributed by atoms with Crippen molar-refractivity contribution in [3.8, 4) is 11.8 Å². The Labute approximate surface area is 124 Å². The summed E-state index contributed by atoms with van der Waals surface area (Å²) >= 11 is 1.32. The van der Waals surface area contributed by atoms with E-state index < -0.39 is 5.56 Å². The minimum atomic E-state index is -0.567. The molecule has 4 nitrogen and oxygen atoms in total. The second-order valence-corrected chi connectivity index (χ2v) is 5.31. The molecule has 3 rings (SSSR count). The average Bonchev–Trinajstić information content (AvgIpc) is 2.89. The molecule has 2 aromatic heterocycles. The Hall–Kier alpha value is -2.84. The van der Waals surface area contributed by atoms with Gasteiger partial charge in [-0.15, -0.1) is 11.3 Å². The number of H-pyrrole nitrogens is 1. The summed E-state index contributed by atoms with van der Waals surface area (Å²) in [5.41, 5.74) is 0.976. The van der Waals surface area contributed by atoms with E-state index in [2.05, 4.69) is 4.98 Å². The summed E-state index contributed by atoms with van der Waals surface area (Å²) in [6, 6.07) is 11.5. The van der Waals surface area contributed by atoms with Gasteiger partial charge in [0.2, 0.25) is 0 Å². The van der Waals surface area contributed by atoms with E-state index in [0.29, 0.717) is 10.2 Å². The van der Waals surface area contributed by atoms with Crippen LogP contribution in [-0.4, -0.2) is 10.1 Å². The molecule has 5 heteroatoms. The number of thiophene rings is 1. The van der Waals surface area contributed by atoms with Crippen LogP contribution in [0, 0.1) is 11.3 Å². The van der Waals surface area contributed by atoms with E-state index in [1.165, 1.54) is 11.3 Å². The normalized spacial score (nSPS) is 11.0. The number of aromatic amines is 1. The third kappa shape index (κ3) is 2.33. The standard InChI is InChI=1S/C16H10N2O2S/c17-8-12-14(19)13-11(9-21-16(13)18-15(12)20)7-6-10-4-2-1-3-5-10/h1-7,9H,(H2,18,19,20). The fourth-order valence-electron chi connectivity index (χ4n) is 2.08. The molecule has 0 radical (unpaired) electrons. The molecule has 0 aliphatic heterocycles. The first kappa shape index (κ1) is 13.2. The highest BCUT2D eigenvalue weighted by atomic mass is 32.1. The van der Waals surface area contributed by atoms with Gasteiger partial charge in [0.25, 0.3) is 5.56 Å². The molecule has 0 fully saturated rings. The van der Waals surface area contributed by atoms with Crippen LogP contribution in [0.4, 0.5) is 0 Å². The number of nitrogens with zero attached hydrogens (tertiary/aromatic N) is 1. The lowest BCUT2D eigenvalue weighted by Gasteiger charge is -1.99. The predicted molar refractivity (Wildman–Crippen MR) is 84.2 cm³/mol. The molecule has 2 N–H and O–H groups in total. The molecule has 0 saturated heterocycles. The van der Waals surface area contributed by atoms with Crippen molar-refractivity contribution in [1.82, 2.24) is 4.98 Å². The molecule has 0 spiro atoms. The van der Waals surface area contributed by atoms with E-state index in [9.17, 15) is 9.90 Å². The lowest BCUT2D eigenvalue weighted by Crippen LogP contribution is -2.09. The minimum Gasteiger partial charge on any atom is -0.506 e. The van der Waals surface area contributed by atoms with Gasteiger partial charge in [-0.3, -0.25) is 4.79 Å². The molecule has 102 valence electrons. The summed E-state index contributed by atoms with van der Waals surface area (Å²) in [7, 11) is 0. The fraction of sp³-hybridized carbons (Fsp3) is 0. The first-order chi connectivity index (χ1) is 10.2. The third-order valence-electron chi connectivity index (χ3n) is 3.11. The van der Waals surface area contributed by atoms with Crippen LogP contribution in [0.5, 0.6) is 5.75 Å². The molecule has 3 aromatic rings. The zero-order valence-corrected chi connectivity index (χ0v) is 11.6. The Kier molecular flexibility index (Phi) is 3.30. The maximum absolute atomic E-state index is 11.6. The monoisotopic (exact) mass is 294 g/mol. The van der Waals surface area contributed by atoms with E-state index in [0.717, 1.165) is 11.1 Å². The number of hydrogen-bond donors (Lipinski definition) is 2. The van der Waals surface area contributed by atoms with Gasteiger partial charge in [-0.25, -0.2) is 0 Å². The number of aromatic hydroxyl groups is 1. The van der Waals surface area contributed by atoms with Gasteiger partial charge in [-0.05, 0) is 11.1 Å². The highest BCUT2D eigenvalue weighted by Crippen LogP contribution is 2.33. The molecule has 21 heavy (non-hydrogen) atoms. The van der Waals surface area contributed by atoms with E-state index >= 15 is 0 Å². The van der Waals surface area contributed by atoms with Crippen molar-refractivity contribution in [2.45, 2.75) is 0 Å². The largest absolute Gasteiger partial charge is 0.506 e. The van der Waals surface area contributed by atoms with Crippen LogP contribution in [0.2, 0.25) is 0 Å². The zero-order valence-electron chi connectivity index (χ0n) is 10.8. The van der Waals surface area contributed by atoms with Gasteiger partial charge in [0.05, 0.1) is 5.39 Å². The molecule has 0 unspecified atom stereocenters. The molecular weight excluding hydrogens is 284 g/mol. The zero-order chi connectivity index (χ0) is 14.8. The molecule has 0 atom stereocenters. The first-order valence-corrected chi connectivity index (χ1v) is 7.08. The second kappa shape index (κ2) is 5.27. The van der Waals surface area contributed by atoms with Gasteiger partial charge in [0.15, 0.2) is 5.56 Å². The van der Waals surface area contributed by atoms with E-state index in [-0.39, 0.29) is 11.3 Å². The SMILES string of the molecule is N#Cc1c(O)c2c(C=Cc3ccccc3)csc2[nH]c1=O. The molecule has 1 aromatic carbocycles. The Morgan fingerprint density at radius 3 is 2.71 bits per heavy atom. The summed E-state index contributed by atoms with van der Waals surface area (Å²) in [5.74, 6) is -0.259. The van der Waals surface area contributed by atoms with Crippen LogP contribution in [-0.2, 0) is 0 Å². The number of pyridine rings is 1. The summed E-state index contributed by atoms with van der Waals surface area (Å²) in [5, 5.41) is 21.4. The van der Waals surface area contributed by atoms with E-state index in [1.54, 1.807) is 6.07 Å². The number of fused-ring (bicyclic) bond motifs is 1. The summed E-state index contributed by atoms with van der Waals surface area (Å²) in [4.78, 5) is 14.8. The Morgan fingerprint density at radius 1 is 1.24 bits per heavy atom. The van der Waals surface area contributed by atoms with Gasteiger partial charge in [0.1, 0.15) is 16.6 Å². The number of benzene rings is 1. The van der Waals surface area contributed by atoms with Crippen LogP contribution < -0.4 is 5.56 Å². The molecular formula is C16H10N2O2S. The van der Waals surface area contributed by atoms with Gasteiger partial charge >= 0.3 is 0 Å². The lowest BCUT2D eigenvalue weighted by atomic mass is 10.1. The number of nitrogens with one attached hydrogen (secondary N) is 1. The van der Waals surface area contributed by atoms with Crippen LogP contribution >= 0.6 is 11.3 Å². The topological polar surface area (TPSA) is 76.9 Å². The van der Waals surface area contributed by atoms with Crippen molar-refractivity contribution >= 4 is 33.7 Å². The van der Waals surface area contributed by atoms with Crippen LogP contribution in [0.15, 0.2) is 40.5 Å². The minimum absolute atomic E-state index is 0.254. The van der Waals surface area contributed by atoms with Crippen molar-refractivity contribution in [2.75, 3.05) is 0 Å². The van der Waals surface area contributed by atoms with Gasteiger partial charge < -0.3 is 10.1 Å². The molecule has 2 heterocycles. The van der Waals surface area contributed by atoms with Crippen molar-refractivity contribution in [2.24, 2.45) is 0 Å². The maximum Gasteiger partial charge on any atom is 0.270 e. The highest BCUT2D eigenvalue weighted by Gasteiger charge is 2.15. The number of hydrogen-bond acceptors (Lipinski definition) is 4. The smallest absolute Gasteiger partial charge is 0.270 e. The van der Waals surface area contributed by atoms with Crippen LogP contribution in [0.1, 0.15) is 16.7 Å². The van der Waals surface area contributed by atoms with E-state index in [4.69, 9.17) is 5.26 Å². The van der Waals surface area contributed by atoms with Crippen LogP contribution in [0.25, 0.3) is 22.4 Å². The quantitative estimate of drug-likeness (QED) is 0.761. The molecule has 0 amide bonds. The van der Waals surface area contributed by atoms with Crippen molar-refractivity contribution < 1.29 is 5.11 Å². The predicted octanol–water partition coefficient (Wildman–Crippen LogP) is 3.34. The van der Waals surface area contributed by atoms with Gasteiger partial charge in [0, 0.05) is 5.38 Å². The summed E-state index contributed by atoms with van der Waals surface area (Å²) in [6.45, 7) is 0. The molecule has 0 aliphatic carbocycles.